The maximum Gasteiger partial charge on any atom is 0.131 e. The molecular weight excluding hydrogens is 452 g/mol. The van der Waals surface area contributed by atoms with Gasteiger partial charge in [-0.3, -0.25) is 10.3 Å². The van der Waals surface area contributed by atoms with Gasteiger partial charge in [-0.25, -0.2) is 5.01 Å². The van der Waals surface area contributed by atoms with Crippen LogP contribution in [0, 0.1) is 23.2 Å². The lowest BCUT2D eigenvalue weighted by Crippen LogP contribution is -2.41. The predicted octanol–water partition coefficient (Wildman–Crippen LogP) is 7.16. The van der Waals surface area contributed by atoms with Gasteiger partial charge >= 0.3 is 0 Å². The molecule has 3 aliphatic carbocycles. The quantitative estimate of drug-likeness (QED) is 0.452. The van der Waals surface area contributed by atoms with E-state index in [4.69, 9.17) is 0 Å². The lowest BCUT2D eigenvalue weighted by atomic mass is 9.54. The Morgan fingerprint density at radius 2 is 1.70 bits per heavy atom. The van der Waals surface area contributed by atoms with Crippen molar-refractivity contribution in [1.82, 2.24) is 5.43 Å². The van der Waals surface area contributed by atoms with E-state index >= 15 is 0 Å². The summed E-state index contributed by atoms with van der Waals surface area (Å²) < 4.78 is 0.914. The largest absolute Gasteiger partial charge is 0.327 e. The Labute approximate surface area is 224 Å². The summed E-state index contributed by atoms with van der Waals surface area (Å²) in [5, 5.41) is 2.12. The second-order valence-corrected chi connectivity index (χ2v) is 13.6. The highest BCUT2D eigenvalue weighted by molar-refractivity contribution is 5.68. The van der Waals surface area contributed by atoms with Crippen LogP contribution in [0.2, 0.25) is 0 Å². The maximum absolute atomic E-state index is 4.48. The molecule has 196 valence electrons. The molecule has 2 aromatic carbocycles. The number of hydrogen-bond donors (Lipinski definition) is 1. The van der Waals surface area contributed by atoms with Crippen molar-refractivity contribution in [2.45, 2.75) is 64.8 Å². The van der Waals surface area contributed by atoms with Crippen LogP contribution in [-0.4, -0.2) is 25.6 Å². The van der Waals surface area contributed by atoms with Gasteiger partial charge in [0.1, 0.15) is 18.2 Å². The van der Waals surface area contributed by atoms with Gasteiger partial charge in [0.2, 0.25) is 0 Å². The van der Waals surface area contributed by atoms with Crippen LogP contribution in [0.3, 0.4) is 0 Å². The van der Waals surface area contributed by atoms with E-state index < -0.39 is 0 Å². The molecule has 1 N–H and O–H groups in total. The highest BCUT2D eigenvalue weighted by Gasteiger charge is 2.53. The fraction of sp³-hybridized carbons (Fsp3) is 0.515. The lowest BCUT2D eigenvalue weighted by molar-refractivity contribution is -0.884. The van der Waals surface area contributed by atoms with E-state index in [9.17, 15) is 0 Å². The van der Waals surface area contributed by atoms with Crippen LogP contribution >= 0.6 is 0 Å². The first kappa shape index (κ1) is 24.6. The fourth-order valence-corrected chi connectivity index (χ4v) is 8.27. The van der Waals surface area contributed by atoms with E-state index in [2.05, 4.69) is 106 Å². The van der Waals surface area contributed by atoms with Gasteiger partial charge in [-0.05, 0) is 103 Å². The number of nitrogens with zero attached hydrogens (tertiary/aromatic N) is 3. The predicted molar refractivity (Wildman–Crippen MR) is 155 cm³/mol. The van der Waals surface area contributed by atoms with Crippen molar-refractivity contribution in [1.29, 1.82) is 0 Å². The van der Waals surface area contributed by atoms with Crippen molar-refractivity contribution < 1.29 is 4.48 Å². The zero-order valence-corrected chi connectivity index (χ0v) is 23.6. The Balaban J connectivity index is 1.25. The Hall–Kier alpha value is -2.72. The number of nitrogens with one attached hydrogen (secondary N) is 1. The second-order valence-electron chi connectivity index (χ2n) is 13.6. The molecule has 1 aliphatic heterocycles. The first-order valence-electron chi connectivity index (χ1n) is 14.3. The summed E-state index contributed by atoms with van der Waals surface area (Å²) in [5.41, 5.74) is 10.8. The average Bonchev–Trinajstić information content (AvgIpc) is 3.32. The van der Waals surface area contributed by atoms with Crippen LogP contribution in [-0.2, 0) is 13.0 Å². The van der Waals surface area contributed by atoms with Crippen molar-refractivity contribution in [3.05, 3.63) is 84.0 Å². The highest BCUT2D eigenvalue weighted by atomic mass is 15.7. The minimum atomic E-state index is 0.556. The van der Waals surface area contributed by atoms with Gasteiger partial charge in [-0.1, -0.05) is 45.2 Å². The maximum atomic E-state index is 4.48. The first-order valence-corrected chi connectivity index (χ1v) is 14.3. The van der Waals surface area contributed by atoms with E-state index in [0.717, 1.165) is 46.1 Å². The summed E-state index contributed by atoms with van der Waals surface area (Å²) in [6.45, 7) is 14.9. The zero-order chi connectivity index (χ0) is 26.1. The molecule has 0 radical (unpaired) electrons. The van der Waals surface area contributed by atoms with Crippen molar-refractivity contribution >= 4 is 11.4 Å². The van der Waals surface area contributed by atoms with Gasteiger partial charge in [0.25, 0.3) is 0 Å². The smallest absolute Gasteiger partial charge is 0.131 e. The van der Waals surface area contributed by atoms with Gasteiger partial charge in [0, 0.05) is 11.3 Å². The molecule has 0 bridgehead atoms. The normalized spacial score (nSPS) is 31.2. The van der Waals surface area contributed by atoms with Crippen molar-refractivity contribution in [2.24, 2.45) is 23.2 Å². The summed E-state index contributed by atoms with van der Waals surface area (Å²) in [4.78, 5) is 2.13. The molecule has 1 heterocycles. The summed E-state index contributed by atoms with van der Waals surface area (Å²) in [5.74, 6) is 5.06. The third-order valence-corrected chi connectivity index (χ3v) is 10.3. The SMILES string of the molecule is C=C1NN(c2ccc3c(c2)C2CC[C@]4(C)C(C)CCC4C2CC3)C(=C)N1c1ccc(C[N+](C)(C)C)cc1. The monoisotopic (exact) mass is 497 g/mol. The number of anilines is 2. The molecule has 0 amide bonds. The number of fused-ring (bicyclic) bond motifs is 5. The summed E-state index contributed by atoms with van der Waals surface area (Å²) in [6, 6.07) is 15.9. The van der Waals surface area contributed by atoms with E-state index in [-0.39, 0.29) is 0 Å². The van der Waals surface area contributed by atoms with E-state index in [1.54, 1.807) is 11.1 Å². The van der Waals surface area contributed by atoms with Crippen molar-refractivity contribution in [3.8, 4) is 0 Å². The average molecular weight is 498 g/mol. The van der Waals surface area contributed by atoms with Gasteiger partial charge in [-0.2, -0.15) is 0 Å². The van der Waals surface area contributed by atoms with Gasteiger partial charge in [-0.15, -0.1) is 0 Å². The van der Waals surface area contributed by atoms with Crippen LogP contribution in [0.15, 0.2) is 67.3 Å². The minimum absolute atomic E-state index is 0.556. The highest BCUT2D eigenvalue weighted by Crippen LogP contribution is 2.63. The van der Waals surface area contributed by atoms with E-state index in [1.165, 1.54) is 49.8 Å². The second kappa shape index (κ2) is 8.66. The van der Waals surface area contributed by atoms with Crippen LogP contribution in [0.5, 0.6) is 0 Å². The number of quaternary nitrogens is 1. The van der Waals surface area contributed by atoms with Crippen LogP contribution in [0.4, 0.5) is 11.4 Å². The molecule has 5 atom stereocenters. The number of benzene rings is 2. The van der Waals surface area contributed by atoms with Crippen molar-refractivity contribution in [2.75, 3.05) is 31.1 Å². The van der Waals surface area contributed by atoms with Gasteiger partial charge < -0.3 is 4.48 Å². The Bertz CT molecular complexity index is 1220. The lowest BCUT2D eigenvalue weighted by Gasteiger charge is -2.50. The third-order valence-electron chi connectivity index (χ3n) is 10.3. The fourth-order valence-electron chi connectivity index (χ4n) is 8.27. The topological polar surface area (TPSA) is 18.5 Å². The molecule has 0 spiro atoms. The van der Waals surface area contributed by atoms with Gasteiger partial charge in [0.15, 0.2) is 0 Å². The minimum Gasteiger partial charge on any atom is -0.327 e. The molecule has 6 rings (SSSR count). The summed E-state index contributed by atoms with van der Waals surface area (Å²) in [7, 11) is 6.67. The van der Waals surface area contributed by atoms with Gasteiger partial charge in [0.05, 0.1) is 26.8 Å². The Morgan fingerprint density at radius 3 is 2.43 bits per heavy atom. The summed E-state index contributed by atoms with van der Waals surface area (Å²) >= 11 is 0. The molecular formula is C33H45N4+. The molecule has 2 saturated carbocycles. The standard InChI is InChI=1S/C33H45N4/c1-22-8-17-32-30-16-12-26-11-15-28(20-31(26)29(30)18-19-33(22,32)4)36-24(3)35(23(2)34-36)27-13-9-25(10-14-27)21-37(5,6)7/h9-11,13-15,20,22,29-30,32,34H,2-3,8,12,16-19,21H2,1,4-7H3/q+1/t22?,29?,30?,32?,33-/m1/s1. The number of hydrogen-bond acceptors (Lipinski definition) is 3. The molecule has 4 unspecified atom stereocenters. The first-order chi connectivity index (χ1) is 17.5. The van der Waals surface area contributed by atoms with Crippen molar-refractivity contribution in [3.63, 3.8) is 0 Å². The summed E-state index contributed by atoms with van der Waals surface area (Å²) in [6.07, 6.45) is 8.17. The van der Waals surface area contributed by atoms with E-state index in [0.29, 0.717) is 11.3 Å². The molecule has 4 aliphatic rings. The number of rotatable bonds is 4. The molecule has 0 aromatic heterocycles. The molecule has 1 saturated heterocycles. The van der Waals surface area contributed by atoms with Crippen LogP contribution in [0.1, 0.15) is 68.6 Å². The number of hydrazine groups is 1. The Morgan fingerprint density at radius 1 is 0.973 bits per heavy atom. The molecule has 2 aromatic rings. The molecule has 4 nitrogen and oxygen atoms in total. The Kier molecular flexibility index (Phi) is 5.76. The van der Waals surface area contributed by atoms with Crippen LogP contribution < -0.4 is 15.3 Å². The molecule has 3 fully saturated rings. The third kappa shape index (κ3) is 4.09. The number of aryl methyl sites for hydroxylation is 1. The van der Waals surface area contributed by atoms with Crippen LogP contribution in [0.25, 0.3) is 0 Å². The zero-order valence-electron chi connectivity index (χ0n) is 23.6. The molecule has 4 heteroatoms. The molecule has 37 heavy (non-hydrogen) atoms. The van der Waals surface area contributed by atoms with E-state index in [1.807, 2.05) is 0 Å².